The van der Waals surface area contributed by atoms with Gasteiger partial charge in [-0.25, -0.2) is 0 Å². The van der Waals surface area contributed by atoms with Crippen molar-refractivity contribution in [1.29, 1.82) is 5.26 Å². The number of piperazine rings is 1. The number of nitrogens with two attached hydrogens (primary N) is 1. The molecule has 2 fully saturated rings. The Morgan fingerprint density at radius 2 is 1.89 bits per heavy atom. The highest BCUT2D eigenvalue weighted by Crippen LogP contribution is 2.64. The average Bonchev–Trinajstić information content (AvgIpc) is 3.53. The molecule has 7 atom stereocenters. The van der Waals surface area contributed by atoms with Crippen LogP contribution in [0.1, 0.15) is 57.6 Å². The Bertz CT molecular complexity index is 1700. The minimum Gasteiger partial charge on any atom is -0.493 e. The van der Waals surface area contributed by atoms with Crippen molar-refractivity contribution in [3.63, 3.8) is 0 Å². The molecule has 250 valence electrons. The van der Waals surface area contributed by atoms with Crippen molar-refractivity contribution in [2.24, 2.45) is 5.73 Å². The first-order valence-electron chi connectivity index (χ1n) is 15.5. The first kappa shape index (κ1) is 31.8. The highest BCUT2D eigenvalue weighted by Gasteiger charge is 2.60. The number of nitrogens with zero attached hydrogens (tertiary/aromatic N) is 3. The van der Waals surface area contributed by atoms with Crippen molar-refractivity contribution in [3.05, 3.63) is 39.4 Å². The van der Waals surface area contributed by atoms with Crippen molar-refractivity contribution < 1.29 is 42.7 Å². The number of thioether (sulfide) groups is 1. The largest absolute Gasteiger partial charge is 0.493 e. The van der Waals surface area contributed by atoms with Gasteiger partial charge < -0.3 is 38.9 Å². The third-order valence-electron chi connectivity index (χ3n) is 9.99. The quantitative estimate of drug-likeness (QED) is 0.282. The van der Waals surface area contributed by atoms with E-state index in [1.54, 1.807) is 14.2 Å². The lowest BCUT2D eigenvalue weighted by Crippen LogP contribution is -2.69. The van der Waals surface area contributed by atoms with Gasteiger partial charge in [0.15, 0.2) is 29.8 Å². The number of hydrogen-bond donors (Lipinski definition) is 1. The summed E-state index contributed by atoms with van der Waals surface area (Å²) in [5.41, 5.74) is 11.3. The Morgan fingerprint density at radius 3 is 2.60 bits per heavy atom. The molecule has 0 amide bonds. The molecule has 5 aliphatic rings. The van der Waals surface area contributed by atoms with E-state index in [2.05, 4.69) is 21.9 Å². The number of aryl methyl sites for hydroxylation is 1. The molecule has 0 spiro atoms. The molecule has 0 saturated carbocycles. The van der Waals surface area contributed by atoms with Crippen LogP contribution in [0, 0.1) is 25.2 Å². The van der Waals surface area contributed by atoms with Crippen molar-refractivity contribution >= 4 is 23.7 Å². The van der Waals surface area contributed by atoms with Crippen LogP contribution in [0.25, 0.3) is 0 Å². The lowest BCUT2D eigenvalue weighted by Gasteiger charge is -2.61. The molecule has 5 heterocycles. The maximum Gasteiger partial charge on any atom is 0.323 e. The van der Waals surface area contributed by atoms with Gasteiger partial charge in [0.1, 0.15) is 24.4 Å². The Labute approximate surface area is 277 Å². The lowest BCUT2D eigenvalue weighted by atomic mass is 9.71. The summed E-state index contributed by atoms with van der Waals surface area (Å²) in [4.78, 5) is 30.2. The number of nitriles is 1. The monoisotopic (exact) mass is 666 g/mol. The number of likely N-dealkylation sites (N-methyl/N-ethyl adjacent to an activating group) is 1. The van der Waals surface area contributed by atoms with E-state index in [1.165, 1.54) is 18.7 Å². The molecule has 2 N–H and O–H groups in total. The van der Waals surface area contributed by atoms with Crippen LogP contribution < -0.4 is 29.4 Å². The summed E-state index contributed by atoms with van der Waals surface area (Å²) in [6.45, 7) is 5.08. The van der Waals surface area contributed by atoms with Crippen LogP contribution in [0.15, 0.2) is 6.07 Å². The zero-order chi connectivity index (χ0) is 33.3. The van der Waals surface area contributed by atoms with Gasteiger partial charge in [-0.1, -0.05) is 6.07 Å². The number of carbonyl (C=O) groups is 2. The molecule has 2 unspecified atom stereocenters. The van der Waals surface area contributed by atoms with Crippen LogP contribution in [-0.2, 0) is 25.5 Å². The van der Waals surface area contributed by atoms with Crippen molar-refractivity contribution in [3.8, 4) is 34.8 Å². The van der Waals surface area contributed by atoms with Gasteiger partial charge in [0, 0.05) is 54.1 Å². The molecule has 47 heavy (non-hydrogen) atoms. The highest BCUT2D eigenvalue weighted by atomic mass is 32.2. The second kappa shape index (κ2) is 12.1. The molecule has 13 nitrogen and oxygen atoms in total. The number of methoxy groups -OCH3 is 2. The van der Waals surface area contributed by atoms with Gasteiger partial charge in [-0.15, -0.1) is 11.8 Å². The second-order valence-corrected chi connectivity index (χ2v) is 13.7. The van der Waals surface area contributed by atoms with Crippen molar-refractivity contribution in [1.82, 2.24) is 9.80 Å². The van der Waals surface area contributed by atoms with E-state index >= 15 is 0 Å². The number of cyclic esters (lactones) is 1. The molecule has 2 saturated heterocycles. The first-order valence-corrected chi connectivity index (χ1v) is 16.6. The molecule has 0 radical (unpaired) electrons. The van der Waals surface area contributed by atoms with E-state index in [0.717, 1.165) is 22.3 Å². The van der Waals surface area contributed by atoms with Gasteiger partial charge >= 0.3 is 11.9 Å². The third-order valence-corrected chi connectivity index (χ3v) is 11.4. The standard InChI is InChI=1S/C33H38N4O9S/c1-14-7-17-8-19-20(9-34)37-21-10-42-33(39)18(35)11-47-32(24-23(21)31-29(44-13-45-31)15(2)28(24)46-16(3)38)26(37)25(36(19)4)22(17)30(27(14)41-6)43-12-40-5/h7,18-21,25-26,32H,8,10-13,35H2,1-6H3/t18?,19-,20-,21?,25+,26+,32+/m0/s1. The number of benzene rings is 2. The average molecular weight is 667 g/mol. The summed E-state index contributed by atoms with van der Waals surface area (Å²) in [7, 11) is 5.22. The molecule has 5 aliphatic heterocycles. The third kappa shape index (κ3) is 4.74. The number of rotatable bonds is 5. The molecular weight excluding hydrogens is 628 g/mol. The number of fused-ring (bicyclic) bond motifs is 9. The van der Waals surface area contributed by atoms with Crippen molar-refractivity contribution in [2.75, 3.05) is 47.2 Å². The van der Waals surface area contributed by atoms with Crippen molar-refractivity contribution in [2.45, 2.75) is 68.7 Å². The van der Waals surface area contributed by atoms with E-state index in [4.69, 9.17) is 38.9 Å². The molecule has 2 aromatic rings. The van der Waals surface area contributed by atoms with Gasteiger partial charge in [0.2, 0.25) is 6.79 Å². The van der Waals surface area contributed by atoms with E-state index in [1.807, 2.05) is 20.9 Å². The highest BCUT2D eigenvalue weighted by molar-refractivity contribution is 7.99. The van der Waals surface area contributed by atoms with Crippen LogP contribution >= 0.6 is 11.8 Å². The maximum absolute atomic E-state index is 13.1. The maximum atomic E-state index is 13.1. The fraction of sp³-hybridized carbons (Fsp3) is 0.545. The Balaban J connectivity index is 1.56. The van der Waals surface area contributed by atoms with Gasteiger partial charge in [0.25, 0.3) is 0 Å². The molecule has 7 rings (SSSR count). The number of ether oxygens (including phenoxy) is 7. The zero-order valence-corrected chi connectivity index (χ0v) is 28.0. The summed E-state index contributed by atoms with van der Waals surface area (Å²) in [5, 5.41) is 10.5. The lowest BCUT2D eigenvalue weighted by molar-refractivity contribution is -0.150. The van der Waals surface area contributed by atoms with E-state index < -0.39 is 41.4 Å². The second-order valence-electron chi connectivity index (χ2n) is 12.5. The predicted octanol–water partition coefficient (Wildman–Crippen LogP) is 2.84. The van der Waals surface area contributed by atoms with Crippen LogP contribution in [0.5, 0.6) is 28.7 Å². The van der Waals surface area contributed by atoms with Crippen LogP contribution in [0.4, 0.5) is 0 Å². The summed E-state index contributed by atoms with van der Waals surface area (Å²) in [6, 6.07) is 1.67. The Kier molecular flexibility index (Phi) is 8.16. The molecule has 4 bridgehead atoms. The van der Waals surface area contributed by atoms with Gasteiger partial charge in [0.05, 0.1) is 30.5 Å². The summed E-state index contributed by atoms with van der Waals surface area (Å²) >= 11 is 1.48. The first-order chi connectivity index (χ1) is 22.6. The smallest absolute Gasteiger partial charge is 0.323 e. The van der Waals surface area contributed by atoms with Gasteiger partial charge in [-0.2, -0.15) is 5.26 Å². The number of esters is 2. The topological polar surface area (TPSA) is 155 Å². The number of carbonyl (C=O) groups excluding carboxylic acids is 2. The fourth-order valence-electron chi connectivity index (χ4n) is 8.22. The van der Waals surface area contributed by atoms with Crippen LogP contribution in [-0.4, -0.2) is 93.1 Å². The van der Waals surface area contributed by atoms with E-state index in [-0.39, 0.29) is 38.0 Å². The van der Waals surface area contributed by atoms with Gasteiger partial charge in [-0.3, -0.25) is 19.4 Å². The van der Waals surface area contributed by atoms with Crippen LogP contribution in [0.3, 0.4) is 0 Å². The predicted molar refractivity (Wildman–Crippen MR) is 169 cm³/mol. The summed E-state index contributed by atoms with van der Waals surface area (Å²) < 4.78 is 41.6. The van der Waals surface area contributed by atoms with E-state index in [9.17, 15) is 14.9 Å². The molecular formula is C33H38N4O9S. The Morgan fingerprint density at radius 1 is 1.13 bits per heavy atom. The minimum absolute atomic E-state index is 0.00896. The zero-order valence-electron chi connectivity index (χ0n) is 27.2. The summed E-state index contributed by atoms with van der Waals surface area (Å²) in [5.74, 6) is 1.76. The summed E-state index contributed by atoms with van der Waals surface area (Å²) in [6.07, 6.45) is 0.574. The Hall–Kier alpha value is -3.74. The molecule has 14 heteroatoms. The fourth-order valence-corrected chi connectivity index (χ4v) is 9.66. The SMILES string of the molecule is COCOc1c(OC)c(C)cc2c1[C@@H]1[C@@H]3[C@@H]4SCC(N)C(=O)OCC(c5c6c(c(C)c(OC(C)=O)c54)OCO6)N3[C@@H](C#N)[C@H](C2)N1C. The van der Waals surface area contributed by atoms with Gasteiger partial charge in [-0.05, 0) is 38.4 Å². The molecule has 0 aliphatic carbocycles. The van der Waals surface area contributed by atoms with E-state index in [0.29, 0.717) is 46.3 Å². The molecule has 2 aromatic carbocycles. The minimum atomic E-state index is -0.883. The normalized spacial score (nSPS) is 29.1. The molecule has 0 aromatic heterocycles. The van der Waals surface area contributed by atoms with Crippen LogP contribution in [0.2, 0.25) is 0 Å². The number of hydrogen-bond acceptors (Lipinski definition) is 14.